The molecule has 0 amide bonds. The van der Waals surface area contributed by atoms with Crippen LogP contribution in [0.25, 0.3) is 0 Å². The Morgan fingerprint density at radius 2 is 1.74 bits per heavy atom. The topological polar surface area (TPSA) is 88.7 Å². The zero-order valence-corrected chi connectivity index (χ0v) is 13.3. The van der Waals surface area contributed by atoms with E-state index in [1.54, 1.807) is 13.0 Å². The van der Waals surface area contributed by atoms with E-state index in [2.05, 4.69) is 16.8 Å². The van der Waals surface area contributed by atoms with Crippen LogP contribution in [0.3, 0.4) is 0 Å². The highest BCUT2D eigenvalue weighted by atomic mass is 16.3. The second-order valence-corrected chi connectivity index (χ2v) is 4.75. The van der Waals surface area contributed by atoms with Crippen LogP contribution in [-0.2, 0) is 0 Å². The first-order valence-electron chi connectivity index (χ1n) is 7.29. The van der Waals surface area contributed by atoms with E-state index in [1.165, 1.54) is 12.2 Å². The zero-order valence-electron chi connectivity index (χ0n) is 13.3. The highest BCUT2D eigenvalue weighted by Gasteiger charge is 2.04. The van der Waals surface area contributed by atoms with Crippen molar-refractivity contribution in [2.75, 3.05) is 31.2 Å². The number of benzene rings is 1. The molecule has 0 fully saturated rings. The second-order valence-electron chi connectivity index (χ2n) is 4.75. The number of aliphatic hydroxyl groups is 3. The third-order valence-electron chi connectivity index (χ3n) is 2.98. The minimum atomic E-state index is 0.0243. The van der Waals surface area contributed by atoms with Crippen LogP contribution in [0.15, 0.2) is 70.8 Å². The van der Waals surface area contributed by atoms with Crippen molar-refractivity contribution in [3.63, 3.8) is 0 Å². The van der Waals surface area contributed by atoms with Crippen molar-refractivity contribution in [1.29, 1.82) is 0 Å². The van der Waals surface area contributed by atoms with E-state index in [4.69, 9.17) is 10.2 Å². The molecule has 0 aliphatic rings. The first-order valence-corrected chi connectivity index (χ1v) is 7.29. The van der Waals surface area contributed by atoms with Gasteiger partial charge in [-0.05, 0) is 49.4 Å². The van der Waals surface area contributed by atoms with Crippen molar-refractivity contribution in [2.24, 2.45) is 10.2 Å². The minimum absolute atomic E-state index is 0.0243. The lowest BCUT2D eigenvalue weighted by Crippen LogP contribution is -2.29. The van der Waals surface area contributed by atoms with Crippen LogP contribution in [0.5, 0.6) is 0 Å². The number of nitrogens with zero attached hydrogens (tertiary/aromatic N) is 3. The van der Waals surface area contributed by atoms with Gasteiger partial charge in [0, 0.05) is 18.8 Å². The Morgan fingerprint density at radius 3 is 2.26 bits per heavy atom. The molecular weight excluding hydrogens is 294 g/mol. The number of allylic oxidation sites excluding steroid dienone is 4. The van der Waals surface area contributed by atoms with Crippen molar-refractivity contribution in [3.05, 3.63) is 60.5 Å². The average molecular weight is 317 g/mol. The van der Waals surface area contributed by atoms with E-state index in [0.717, 1.165) is 5.69 Å². The summed E-state index contributed by atoms with van der Waals surface area (Å²) in [5.41, 5.74) is 2.23. The van der Waals surface area contributed by atoms with Crippen LogP contribution in [0, 0.1) is 0 Å². The fourth-order valence-corrected chi connectivity index (χ4v) is 1.79. The van der Waals surface area contributed by atoms with Gasteiger partial charge in [-0.25, -0.2) is 0 Å². The van der Waals surface area contributed by atoms with Gasteiger partial charge in [0.2, 0.25) is 0 Å². The van der Waals surface area contributed by atoms with Crippen LogP contribution in [0.2, 0.25) is 0 Å². The molecule has 1 aromatic carbocycles. The van der Waals surface area contributed by atoms with Crippen LogP contribution in [0.1, 0.15) is 6.92 Å². The monoisotopic (exact) mass is 317 g/mol. The highest BCUT2D eigenvalue weighted by Crippen LogP contribution is 2.20. The molecule has 124 valence electrons. The number of aliphatic hydroxyl groups excluding tert-OH is 3. The molecule has 6 heteroatoms. The van der Waals surface area contributed by atoms with E-state index in [0.29, 0.717) is 24.5 Å². The van der Waals surface area contributed by atoms with Gasteiger partial charge in [0.1, 0.15) is 5.76 Å². The van der Waals surface area contributed by atoms with E-state index in [9.17, 15) is 5.11 Å². The van der Waals surface area contributed by atoms with Crippen molar-refractivity contribution in [1.82, 2.24) is 0 Å². The molecule has 0 heterocycles. The van der Waals surface area contributed by atoms with E-state index >= 15 is 0 Å². The van der Waals surface area contributed by atoms with Gasteiger partial charge in [-0.3, -0.25) is 0 Å². The molecule has 0 unspecified atom stereocenters. The molecule has 0 saturated heterocycles. The summed E-state index contributed by atoms with van der Waals surface area (Å²) < 4.78 is 0. The predicted molar refractivity (Wildman–Crippen MR) is 92.0 cm³/mol. The largest absolute Gasteiger partial charge is 0.508 e. The normalized spacial score (nSPS) is 12.7. The Kier molecular flexibility index (Phi) is 8.34. The molecule has 0 aliphatic heterocycles. The van der Waals surface area contributed by atoms with Gasteiger partial charge < -0.3 is 20.2 Å². The summed E-state index contributed by atoms with van der Waals surface area (Å²) in [7, 11) is 0. The maximum atomic E-state index is 9.25. The summed E-state index contributed by atoms with van der Waals surface area (Å²) in [4.78, 5) is 1.88. The van der Waals surface area contributed by atoms with E-state index in [1.807, 2.05) is 29.2 Å². The van der Waals surface area contributed by atoms with Gasteiger partial charge in [0.25, 0.3) is 0 Å². The molecule has 1 rings (SSSR count). The number of azo groups is 1. The first kappa shape index (κ1) is 18.6. The molecule has 0 spiro atoms. The number of hydrogen-bond acceptors (Lipinski definition) is 6. The average Bonchev–Trinajstić information content (AvgIpc) is 2.58. The van der Waals surface area contributed by atoms with Gasteiger partial charge in [0.15, 0.2) is 0 Å². The van der Waals surface area contributed by atoms with Crippen molar-refractivity contribution < 1.29 is 15.3 Å². The lowest BCUT2D eigenvalue weighted by Gasteiger charge is -2.22. The molecule has 3 N–H and O–H groups in total. The van der Waals surface area contributed by atoms with Crippen LogP contribution < -0.4 is 4.90 Å². The Labute approximate surface area is 136 Å². The fraction of sp³-hybridized carbons (Fsp3) is 0.294. The maximum Gasteiger partial charge on any atom is 0.115 e. The second kappa shape index (κ2) is 10.3. The zero-order chi connectivity index (χ0) is 17.1. The number of hydrogen-bond donors (Lipinski definition) is 3. The fourth-order valence-electron chi connectivity index (χ4n) is 1.79. The molecule has 0 bridgehead atoms. The molecule has 0 radical (unpaired) electrons. The SMILES string of the molecule is C=C\C(O)=C/C=C(C)/N=N/c1ccc(N(CCO)CCO)cc1. The summed E-state index contributed by atoms with van der Waals surface area (Å²) in [6, 6.07) is 7.35. The lowest BCUT2D eigenvalue weighted by molar-refractivity contribution is 0.281. The van der Waals surface area contributed by atoms with Gasteiger partial charge in [-0.15, -0.1) is 0 Å². The molecule has 23 heavy (non-hydrogen) atoms. The maximum absolute atomic E-state index is 9.25. The Hall–Kier alpha value is -2.44. The van der Waals surface area contributed by atoms with Gasteiger partial charge in [0.05, 0.1) is 24.6 Å². The summed E-state index contributed by atoms with van der Waals surface area (Å²) >= 11 is 0. The smallest absolute Gasteiger partial charge is 0.115 e. The Balaban J connectivity index is 2.76. The summed E-state index contributed by atoms with van der Waals surface area (Å²) in [6.07, 6.45) is 4.47. The molecule has 0 atom stereocenters. The van der Waals surface area contributed by atoms with Crippen LogP contribution in [0.4, 0.5) is 11.4 Å². The number of anilines is 1. The minimum Gasteiger partial charge on any atom is -0.508 e. The Morgan fingerprint density at radius 1 is 1.13 bits per heavy atom. The predicted octanol–water partition coefficient (Wildman–Crippen LogP) is 3.09. The van der Waals surface area contributed by atoms with E-state index < -0.39 is 0 Å². The summed E-state index contributed by atoms with van der Waals surface area (Å²) in [5.74, 6) is 0.0664. The molecule has 0 aliphatic carbocycles. The third kappa shape index (κ3) is 6.90. The van der Waals surface area contributed by atoms with Crippen LogP contribution >= 0.6 is 0 Å². The van der Waals surface area contributed by atoms with Crippen LogP contribution in [-0.4, -0.2) is 41.6 Å². The Bertz CT molecular complexity index is 571. The lowest BCUT2D eigenvalue weighted by atomic mass is 10.2. The van der Waals surface area contributed by atoms with Gasteiger partial charge >= 0.3 is 0 Å². The molecular formula is C17H23N3O3. The number of rotatable bonds is 9. The third-order valence-corrected chi connectivity index (χ3v) is 2.98. The standard InChI is InChI=1S/C17H23N3O3/c1-3-17(23)9-4-14(2)18-19-15-5-7-16(8-6-15)20(10-12-21)11-13-22/h3-9,21-23H,1,10-13H2,2H3/b14-4+,17-9+,19-18+. The first-order chi connectivity index (χ1) is 11.1. The van der Waals surface area contributed by atoms with Gasteiger partial charge in [-0.1, -0.05) is 6.58 Å². The van der Waals surface area contributed by atoms with Crippen molar-refractivity contribution in [2.45, 2.75) is 6.92 Å². The molecule has 6 nitrogen and oxygen atoms in total. The van der Waals surface area contributed by atoms with E-state index in [-0.39, 0.29) is 19.0 Å². The quantitative estimate of drug-likeness (QED) is 0.371. The van der Waals surface area contributed by atoms with Crippen molar-refractivity contribution in [3.8, 4) is 0 Å². The highest BCUT2D eigenvalue weighted by molar-refractivity contribution is 5.52. The summed E-state index contributed by atoms with van der Waals surface area (Å²) in [5, 5.41) is 35.5. The molecule has 0 aromatic heterocycles. The van der Waals surface area contributed by atoms with Crippen molar-refractivity contribution >= 4 is 11.4 Å². The molecule has 1 aromatic rings. The van der Waals surface area contributed by atoms with Gasteiger partial charge in [-0.2, -0.15) is 10.2 Å². The summed E-state index contributed by atoms with van der Waals surface area (Å²) in [6.45, 7) is 6.19. The molecule has 0 saturated carbocycles.